The SMILES string of the molecule is O=C(C1CC1c1cccc(F)c1F)N1CCC2CCC(C1)N2. The predicted octanol–water partition coefficient (Wildman–Crippen LogP) is 2.42. The van der Waals surface area contributed by atoms with Gasteiger partial charge in [-0.25, -0.2) is 8.78 Å². The van der Waals surface area contributed by atoms with Crippen molar-refractivity contribution in [1.82, 2.24) is 10.2 Å². The second-order valence-electron chi connectivity index (χ2n) is 6.80. The first-order valence-electron chi connectivity index (χ1n) is 8.12. The number of likely N-dealkylation sites (tertiary alicyclic amines) is 1. The van der Waals surface area contributed by atoms with Crippen LogP contribution in [0.2, 0.25) is 0 Å². The van der Waals surface area contributed by atoms with Gasteiger partial charge in [0, 0.05) is 31.1 Å². The molecule has 2 heterocycles. The average Bonchev–Trinajstić information content (AvgIpc) is 3.20. The molecule has 1 amide bonds. The Morgan fingerprint density at radius 2 is 2.00 bits per heavy atom. The van der Waals surface area contributed by atoms with Crippen LogP contribution in [0.5, 0.6) is 0 Å². The zero-order valence-electron chi connectivity index (χ0n) is 12.4. The third-order valence-electron chi connectivity index (χ3n) is 5.32. The lowest BCUT2D eigenvalue weighted by molar-refractivity contribution is -0.132. The fourth-order valence-corrected chi connectivity index (χ4v) is 4.00. The number of halogens is 2. The van der Waals surface area contributed by atoms with Gasteiger partial charge in [0.15, 0.2) is 11.6 Å². The van der Waals surface area contributed by atoms with Crippen LogP contribution in [0.4, 0.5) is 8.78 Å². The van der Waals surface area contributed by atoms with E-state index >= 15 is 0 Å². The average molecular weight is 306 g/mol. The van der Waals surface area contributed by atoms with Crippen LogP contribution in [0.1, 0.15) is 37.2 Å². The molecule has 0 radical (unpaired) electrons. The Kier molecular flexibility index (Phi) is 3.40. The topological polar surface area (TPSA) is 32.3 Å². The van der Waals surface area contributed by atoms with Crippen molar-refractivity contribution in [3.63, 3.8) is 0 Å². The van der Waals surface area contributed by atoms with E-state index in [1.165, 1.54) is 12.5 Å². The molecule has 1 aliphatic carbocycles. The Hall–Kier alpha value is -1.49. The Morgan fingerprint density at radius 3 is 2.86 bits per heavy atom. The molecule has 1 saturated carbocycles. The van der Waals surface area contributed by atoms with E-state index < -0.39 is 11.6 Å². The third-order valence-corrected chi connectivity index (χ3v) is 5.32. The van der Waals surface area contributed by atoms with Crippen LogP contribution in [-0.2, 0) is 4.79 Å². The summed E-state index contributed by atoms with van der Waals surface area (Å²) in [5.74, 6) is -1.83. The molecule has 2 bridgehead atoms. The molecule has 0 spiro atoms. The highest BCUT2D eigenvalue weighted by Crippen LogP contribution is 2.49. The number of rotatable bonds is 2. The van der Waals surface area contributed by atoms with Gasteiger partial charge in [-0.2, -0.15) is 0 Å². The van der Waals surface area contributed by atoms with Crippen LogP contribution < -0.4 is 5.32 Å². The minimum Gasteiger partial charge on any atom is -0.341 e. The second-order valence-corrected chi connectivity index (χ2v) is 6.80. The highest BCUT2D eigenvalue weighted by molar-refractivity contribution is 5.83. The van der Waals surface area contributed by atoms with Crippen molar-refractivity contribution < 1.29 is 13.6 Å². The number of amides is 1. The Balaban J connectivity index is 1.45. The molecule has 1 N–H and O–H groups in total. The van der Waals surface area contributed by atoms with E-state index in [2.05, 4.69) is 5.32 Å². The molecule has 1 aromatic rings. The van der Waals surface area contributed by atoms with E-state index in [1.807, 2.05) is 4.90 Å². The molecule has 4 rings (SSSR count). The van der Waals surface area contributed by atoms with Gasteiger partial charge in [-0.1, -0.05) is 12.1 Å². The molecule has 2 saturated heterocycles. The van der Waals surface area contributed by atoms with Crippen molar-refractivity contribution in [3.8, 4) is 0 Å². The summed E-state index contributed by atoms with van der Waals surface area (Å²) in [4.78, 5) is 14.6. The number of nitrogens with one attached hydrogen (secondary N) is 1. The quantitative estimate of drug-likeness (QED) is 0.910. The lowest BCUT2D eigenvalue weighted by atomic mass is 10.1. The van der Waals surface area contributed by atoms with E-state index in [0.29, 0.717) is 24.1 Å². The minimum atomic E-state index is -0.827. The van der Waals surface area contributed by atoms with Gasteiger partial charge < -0.3 is 10.2 Å². The fourth-order valence-electron chi connectivity index (χ4n) is 4.00. The summed E-state index contributed by atoms with van der Waals surface area (Å²) in [7, 11) is 0. The smallest absolute Gasteiger partial charge is 0.226 e. The van der Waals surface area contributed by atoms with Crippen LogP contribution in [0, 0.1) is 17.6 Å². The molecule has 1 aromatic carbocycles. The summed E-state index contributed by atoms with van der Waals surface area (Å²) in [6, 6.07) is 5.18. The number of fused-ring (bicyclic) bond motifs is 2. The van der Waals surface area contributed by atoms with Gasteiger partial charge >= 0.3 is 0 Å². The molecule has 5 heteroatoms. The van der Waals surface area contributed by atoms with Gasteiger partial charge in [0.05, 0.1) is 0 Å². The molecule has 3 fully saturated rings. The number of carbonyl (C=O) groups excluding carboxylic acids is 1. The first kappa shape index (κ1) is 14.1. The summed E-state index contributed by atoms with van der Waals surface area (Å²) in [6.45, 7) is 1.53. The predicted molar refractivity (Wildman–Crippen MR) is 78.3 cm³/mol. The lowest BCUT2D eigenvalue weighted by Crippen LogP contribution is -2.40. The minimum absolute atomic E-state index is 0.114. The Bertz CT molecular complexity index is 606. The maximum absolute atomic E-state index is 13.8. The van der Waals surface area contributed by atoms with E-state index in [0.717, 1.165) is 32.0 Å². The number of hydrogen-bond acceptors (Lipinski definition) is 2. The summed E-state index contributed by atoms with van der Waals surface area (Å²) in [5.41, 5.74) is 0.354. The molecular formula is C17H20F2N2O. The van der Waals surface area contributed by atoms with Gasteiger partial charge in [-0.3, -0.25) is 4.79 Å². The number of nitrogens with zero attached hydrogens (tertiary/aromatic N) is 1. The molecule has 0 aromatic heterocycles. The van der Waals surface area contributed by atoms with E-state index in [1.54, 1.807) is 6.07 Å². The zero-order chi connectivity index (χ0) is 15.3. The standard InChI is InChI=1S/C17H20F2N2O/c18-15-3-1-2-12(16(15)19)13-8-14(13)17(22)21-7-6-10-4-5-11(9-21)20-10/h1-3,10-11,13-14,20H,4-9H2. The normalized spacial score (nSPS) is 33.6. The van der Waals surface area contributed by atoms with Crippen LogP contribution in [0.25, 0.3) is 0 Å². The maximum Gasteiger partial charge on any atom is 0.226 e. The van der Waals surface area contributed by atoms with Crippen molar-refractivity contribution in [2.45, 2.75) is 43.7 Å². The van der Waals surface area contributed by atoms with Crippen molar-refractivity contribution >= 4 is 5.91 Å². The number of hydrogen-bond donors (Lipinski definition) is 1. The summed E-state index contributed by atoms with van der Waals surface area (Å²) < 4.78 is 27.2. The van der Waals surface area contributed by atoms with Crippen LogP contribution in [-0.4, -0.2) is 36.0 Å². The molecule has 118 valence electrons. The van der Waals surface area contributed by atoms with Crippen molar-refractivity contribution in [2.75, 3.05) is 13.1 Å². The molecular weight excluding hydrogens is 286 g/mol. The number of benzene rings is 1. The van der Waals surface area contributed by atoms with Gasteiger partial charge in [0.1, 0.15) is 0 Å². The maximum atomic E-state index is 13.8. The highest BCUT2D eigenvalue weighted by atomic mass is 19.2. The molecule has 4 atom stereocenters. The summed E-state index contributed by atoms with van der Waals surface area (Å²) in [5, 5.41) is 3.55. The van der Waals surface area contributed by atoms with Gasteiger partial charge in [-0.05, 0) is 43.2 Å². The largest absolute Gasteiger partial charge is 0.341 e. The van der Waals surface area contributed by atoms with Gasteiger partial charge in [0.25, 0.3) is 0 Å². The van der Waals surface area contributed by atoms with Gasteiger partial charge in [0.2, 0.25) is 5.91 Å². The molecule has 2 aliphatic heterocycles. The second kappa shape index (κ2) is 5.30. The van der Waals surface area contributed by atoms with Gasteiger partial charge in [-0.15, -0.1) is 0 Å². The zero-order valence-corrected chi connectivity index (χ0v) is 12.4. The van der Waals surface area contributed by atoms with Crippen LogP contribution >= 0.6 is 0 Å². The van der Waals surface area contributed by atoms with E-state index in [-0.39, 0.29) is 17.7 Å². The molecule has 3 aliphatic rings. The molecule has 4 unspecified atom stereocenters. The van der Waals surface area contributed by atoms with Crippen molar-refractivity contribution in [1.29, 1.82) is 0 Å². The fraction of sp³-hybridized carbons (Fsp3) is 0.588. The van der Waals surface area contributed by atoms with Crippen molar-refractivity contribution in [2.24, 2.45) is 5.92 Å². The Morgan fingerprint density at radius 1 is 1.18 bits per heavy atom. The van der Waals surface area contributed by atoms with E-state index in [9.17, 15) is 13.6 Å². The first-order chi connectivity index (χ1) is 10.6. The summed E-state index contributed by atoms with van der Waals surface area (Å²) >= 11 is 0. The number of carbonyl (C=O) groups is 1. The van der Waals surface area contributed by atoms with Crippen molar-refractivity contribution in [3.05, 3.63) is 35.4 Å². The highest BCUT2D eigenvalue weighted by Gasteiger charge is 2.48. The Labute approximate surface area is 128 Å². The monoisotopic (exact) mass is 306 g/mol. The lowest BCUT2D eigenvalue weighted by Gasteiger charge is -2.24. The van der Waals surface area contributed by atoms with Crippen LogP contribution in [0.15, 0.2) is 18.2 Å². The van der Waals surface area contributed by atoms with Crippen LogP contribution in [0.3, 0.4) is 0 Å². The molecule has 22 heavy (non-hydrogen) atoms. The first-order valence-corrected chi connectivity index (χ1v) is 8.12. The summed E-state index contributed by atoms with van der Waals surface area (Å²) in [6.07, 6.45) is 3.96. The third kappa shape index (κ3) is 2.41. The molecule has 3 nitrogen and oxygen atoms in total. The van der Waals surface area contributed by atoms with E-state index in [4.69, 9.17) is 0 Å².